The minimum atomic E-state index is 0.0202. The Hall–Kier alpha value is -1.92. The van der Waals surface area contributed by atoms with E-state index in [2.05, 4.69) is 17.1 Å². The number of rotatable bonds is 5. The fraction of sp³-hybridized carbons (Fsp3) is 0.450. The molecule has 138 valence electrons. The lowest BCUT2D eigenvalue weighted by molar-refractivity contribution is 0.0217. The van der Waals surface area contributed by atoms with Gasteiger partial charge < -0.3 is 14.5 Å². The third-order valence-electron chi connectivity index (χ3n) is 5.57. The lowest BCUT2D eigenvalue weighted by Crippen LogP contribution is -2.62. The van der Waals surface area contributed by atoms with Gasteiger partial charge in [0, 0.05) is 28.6 Å². The Morgan fingerprint density at radius 2 is 1.92 bits per heavy atom. The molecule has 3 fully saturated rings. The van der Waals surface area contributed by atoms with E-state index in [4.69, 9.17) is 9.15 Å². The minimum Gasteiger partial charge on any atom is -0.468 e. The summed E-state index contributed by atoms with van der Waals surface area (Å²) in [4.78, 5) is 16.2. The molecule has 5 rings (SSSR count). The number of ether oxygens (including phenoxy) is 1. The SMILES string of the molecule is COc1ccc(Sc2ccc(C(=O)N[C@@H]3C4CCN(CC4)[C@H]3C)cc2)o1. The van der Waals surface area contributed by atoms with Crippen LogP contribution < -0.4 is 10.1 Å². The molecule has 2 aromatic rings. The third kappa shape index (κ3) is 3.48. The standard InChI is InChI=1S/C20H24N2O3S/c1-13-19(14-9-11-22(13)12-10-14)21-20(23)15-3-5-16(6-4-15)26-18-8-7-17(24-2)25-18/h3-8,13-14,19H,9-12H2,1-2H3,(H,21,23)/t13-,19-/m0/s1. The van der Waals surface area contributed by atoms with Gasteiger partial charge in [0.2, 0.25) is 0 Å². The zero-order chi connectivity index (χ0) is 18.1. The van der Waals surface area contributed by atoms with Crippen molar-refractivity contribution in [2.24, 2.45) is 5.92 Å². The molecule has 0 saturated carbocycles. The molecular formula is C20H24N2O3S. The lowest BCUT2D eigenvalue weighted by atomic mass is 9.79. The second-order valence-corrected chi connectivity index (χ2v) is 8.10. The predicted octanol–water partition coefficient (Wildman–Crippen LogP) is 3.65. The molecule has 1 N–H and O–H groups in total. The molecule has 0 radical (unpaired) electrons. The second kappa shape index (κ2) is 7.37. The first-order valence-corrected chi connectivity index (χ1v) is 9.92. The van der Waals surface area contributed by atoms with Crippen LogP contribution in [0.1, 0.15) is 30.1 Å². The quantitative estimate of drug-likeness (QED) is 0.868. The normalized spacial score (nSPS) is 27.3. The van der Waals surface area contributed by atoms with Gasteiger partial charge in [-0.05, 0) is 69.1 Å². The molecule has 4 heterocycles. The van der Waals surface area contributed by atoms with E-state index < -0.39 is 0 Å². The smallest absolute Gasteiger partial charge is 0.285 e. The number of nitrogens with one attached hydrogen (secondary N) is 1. The number of furan rings is 1. The topological polar surface area (TPSA) is 54.7 Å². The second-order valence-electron chi connectivity index (χ2n) is 7.02. The molecule has 2 bridgehead atoms. The van der Waals surface area contributed by atoms with Crippen molar-refractivity contribution in [2.75, 3.05) is 20.2 Å². The molecule has 1 aromatic heterocycles. The summed E-state index contributed by atoms with van der Waals surface area (Å²) in [5, 5.41) is 4.04. The van der Waals surface area contributed by atoms with Gasteiger partial charge in [0.1, 0.15) is 0 Å². The minimum absolute atomic E-state index is 0.0202. The van der Waals surface area contributed by atoms with Gasteiger partial charge in [-0.1, -0.05) is 11.8 Å². The molecule has 1 amide bonds. The lowest BCUT2D eigenvalue weighted by Gasteiger charge is -2.49. The fourth-order valence-corrected chi connectivity index (χ4v) is 4.80. The summed E-state index contributed by atoms with van der Waals surface area (Å²) >= 11 is 1.51. The van der Waals surface area contributed by atoms with E-state index in [1.54, 1.807) is 13.2 Å². The average molecular weight is 372 g/mol. The number of fused-ring (bicyclic) bond motifs is 3. The van der Waals surface area contributed by atoms with Gasteiger partial charge in [-0.3, -0.25) is 9.69 Å². The Bertz CT molecular complexity index is 764. The van der Waals surface area contributed by atoms with Crippen molar-refractivity contribution in [2.45, 2.75) is 41.8 Å². The predicted molar refractivity (Wildman–Crippen MR) is 101 cm³/mol. The summed E-state index contributed by atoms with van der Waals surface area (Å²) in [6.45, 7) is 4.57. The largest absolute Gasteiger partial charge is 0.468 e. The van der Waals surface area contributed by atoms with E-state index in [1.807, 2.05) is 30.3 Å². The summed E-state index contributed by atoms with van der Waals surface area (Å²) in [6.07, 6.45) is 2.38. The van der Waals surface area contributed by atoms with Gasteiger partial charge in [0.25, 0.3) is 11.9 Å². The van der Waals surface area contributed by atoms with Crippen LogP contribution in [0.5, 0.6) is 5.95 Å². The van der Waals surface area contributed by atoms with Gasteiger partial charge in [-0.25, -0.2) is 0 Å². The summed E-state index contributed by atoms with van der Waals surface area (Å²) in [6, 6.07) is 12.0. The van der Waals surface area contributed by atoms with Crippen molar-refractivity contribution >= 4 is 17.7 Å². The first-order chi connectivity index (χ1) is 12.6. The van der Waals surface area contributed by atoms with E-state index in [0.29, 0.717) is 23.5 Å². The number of carbonyl (C=O) groups is 1. The number of hydrogen-bond donors (Lipinski definition) is 1. The number of methoxy groups -OCH3 is 1. The van der Waals surface area contributed by atoms with Crippen molar-refractivity contribution in [1.82, 2.24) is 10.2 Å². The maximum atomic E-state index is 12.7. The average Bonchev–Trinajstić information content (AvgIpc) is 3.13. The Balaban J connectivity index is 1.39. The van der Waals surface area contributed by atoms with Crippen molar-refractivity contribution in [3.8, 4) is 5.95 Å². The number of hydrogen-bond acceptors (Lipinski definition) is 5. The summed E-state index contributed by atoms with van der Waals surface area (Å²) < 4.78 is 10.6. The van der Waals surface area contributed by atoms with Crippen LogP contribution in [0.15, 0.2) is 50.8 Å². The van der Waals surface area contributed by atoms with Gasteiger partial charge in [0.05, 0.1) is 7.11 Å². The molecule has 1 aromatic carbocycles. The molecular weight excluding hydrogens is 348 g/mol. The highest BCUT2D eigenvalue weighted by molar-refractivity contribution is 7.99. The van der Waals surface area contributed by atoms with E-state index in [1.165, 1.54) is 37.7 Å². The van der Waals surface area contributed by atoms with Crippen LogP contribution in [-0.4, -0.2) is 43.1 Å². The first-order valence-electron chi connectivity index (χ1n) is 9.10. The Labute approximate surface area is 158 Å². The number of benzene rings is 1. The van der Waals surface area contributed by atoms with Gasteiger partial charge in [0.15, 0.2) is 5.09 Å². The summed E-state index contributed by atoms with van der Waals surface area (Å²) in [5.41, 5.74) is 0.704. The Kier molecular flexibility index (Phi) is 4.96. The molecule has 3 aliphatic rings. The molecule has 6 heteroatoms. The van der Waals surface area contributed by atoms with E-state index in [9.17, 15) is 4.79 Å². The maximum absolute atomic E-state index is 12.7. The Morgan fingerprint density at radius 1 is 1.19 bits per heavy atom. The van der Waals surface area contributed by atoms with Crippen LogP contribution in [0, 0.1) is 5.92 Å². The zero-order valence-electron chi connectivity index (χ0n) is 15.1. The molecule has 5 nitrogen and oxygen atoms in total. The van der Waals surface area contributed by atoms with Crippen LogP contribution >= 0.6 is 11.8 Å². The molecule has 0 spiro atoms. The van der Waals surface area contributed by atoms with Crippen LogP contribution in [0.2, 0.25) is 0 Å². The Morgan fingerprint density at radius 3 is 2.54 bits per heavy atom. The number of amides is 1. The molecule has 2 atom stereocenters. The van der Waals surface area contributed by atoms with Crippen LogP contribution in [-0.2, 0) is 0 Å². The highest BCUT2D eigenvalue weighted by Gasteiger charge is 2.40. The van der Waals surface area contributed by atoms with Crippen molar-refractivity contribution in [3.63, 3.8) is 0 Å². The highest BCUT2D eigenvalue weighted by Crippen LogP contribution is 2.33. The number of piperidine rings is 3. The fourth-order valence-electron chi connectivity index (χ4n) is 4.04. The molecule has 3 aliphatic heterocycles. The maximum Gasteiger partial charge on any atom is 0.285 e. The van der Waals surface area contributed by atoms with Crippen molar-refractivity contribution < 1.29 is 13.9 Å². The van der Waals surface area contributed by atoms with Crippen LogP contribution in [0.25, 0.3) is 0 Å². The van der Waals surface area contributed by atoms with Crippen LogP contribution in [0.4, 0.5) is 0 Å². The summed E-state index contributed by atoms with van der Waals surface area (Å²) in [5.74, 6) is 1.13. The molecule has 3 saturated heterocycles. The summed E-state index contributed by atoms with van der Waals surface area (Å²) in [7, 11) is 1.58. The first kappa shape index (κ1) is 17.5. The molecule has 26 heavy (non-hydrogen) atoms. The van der Waals surface area contributed by atoms with E-state index >= 15 is 0 Å². The molecule has 0 unspecified atom stereocenters. The number of nitrogens with zero attached hydrogens (tertiary/aromatic N) is 1. The van der Waals surface area contributed by atoms with Crippen molar-refractivity contribution in [3.05, 3.63) is 42.0 Å². The van der Waals surface area contributed by atoms with Gasteiger partial charge in [-0.2, -0.15) is 0 Å². The van der Waals surface area contributed by atoms with Crippen LogP contribution in [0.3, 0.4) is 0 Å². The van der Waals surface area contributed by atoms with E-state index in [0.717, 1.165) is 9.99 Å². The van der Waals surface area contributed by atoms with E-state index in [-0.39, 0.29) is 11.9 Å². The molecule has 0 aliphatic carbocycles. The monoisotopic (exact) mass is 372 g/mol. The van der Waals surface area contributed by atoms with Gasteiger partial charge >= 0.3 is 0 Å². The van der Waals surface area contributed by atoms with Gasteiger partial charge in [-0.15, -0.1) is 0 Å². The number of carbonyl (C=O) groups excluding carboxylic acids is 1. The zero-order valence-corrected chi connectivity index (χ0v) is 15.9. The van der Waals surface area contributed by atoms with Crippen molar-refractivity contribution in [1.29, 1.82) is 0 Å². The highest BCUT2D eigenvalue weighted by atomic mass is 32.2. The third-order valence-corrected chi connectivity index (χ3v) is 6.50.